The van der Waals surface area contributed by atoms with Crippen molar-refractivity contribution in [2.45, 2.75) is 18.4 Å². The van der Waals surface area contributed by atoms with Crippen molar-refractivity contribution >= 4 is 26.5 Å². The average molecular weight is 319 g/mol. The third-order valence-electron chi connectivity index (χ3n) is 2.48. The number of anilines is 1. The van der Waals surface area contributed by atoms with Crippen LogP contribution >= 0.6 is 11.3 Å². The Labute approximate surface area is 118 Å². The maximum Gasteiger partial charge on any atom is 0.266 e. The zero-order valence-corrected chi connectivity index (χ0v) is 12.0. The van der Waals surface area contributed by atoms with Gasteiger partial charge in [-0.2, -0.15) is 0 Å². The number of nitrogens with zero attached hydrogens (tertiary/aromatic N) is 1. The van der Waals surface area contributed by atoms with Crippen molar-refractivity contribution < 1.29 is 17.2 Å². The molecule has 0 unspecified atom stereocenters. The molecule has 0 aliphatic heterocycles. The Morgan fingerprint density at radius 2 is 2.10 bits per heavy atom. The monoisotopic (exact) mass is 319 g/mol. The van der Waals surface area contributed by atoms with Crippen LogP contribution in [0.4, 0.5) is 13.9 Å². The van der Waals surface area contributed by atoms with Crippen molar-refractivity contribution in [3.8, 4) is 0 Å². The number of aromatic nitrogens is 1. The van der Waals surface area contributed by atoms with E-state index in [9.17, 15) is 17.2 Å². The number of benzene rings is 1. The lowest BCUT2D eigenvalue weighted by Crippen LogP contribution is -2.17. The molecule has 0 saturated heterocycles. The largest absolute Gasteiger partial charge is 0.326 e. The molecule has 0 bridgehead atoms. The molecular formula is C11H11F2N3O2S2. The van der Waals surface area contributed by atoms with Gasteiger partial charge in [-0.3, -0.25) is 4.72 Å². The molecule has 5 nitrogen and oxygen atoms in total. The molecule has 1 aromatic heterocycles. The number of aryl methyl sites for hydroxylation is 1. The molecule has 1 aromatic carbocycles. The molecule has 0 amide bonds. The van der Waals surface area contributed by atoms with Gasteiger partial charge < -0.3 is 5.73 Å². The van der Waals surface area contributed by atoms with Gasteiger partial charge in [-0.05, 0) is 19.1 Å². The van der Waals surface area contributed by atoms with Crippen LogP contribution in [0.25, 0.3) is 0 Å². The van der Waals surface area contributed by atoms with Gasteiger partial charge in [0.25, 0.3) is 10.0 Å². The summed E-state index contributed by atoms with van der Waals surface area (Å²) in [5.74, 6) is -2.07. The molecule has 108 valence electrons. The molecule has 0 aliphatic carbocycles. The lowest BCUT2D eigenvalue weighted by atomic mass is 10.2. The van der Waals surface area contributed by atoms with Gasteiger partial charge in [-0.15, -0.1) is 11.3 Å². The molecular weight excluding hydrogens is 308 g/mol. The van der Waals surface area contributed by atoms with Gasteiger partial charge in [0.2, 0.25) is 0 Å². The van der Waals surface area contributed by atoms with E-state index in [0.29, 0.717) is 5.69 Å². The van der Waals surface area contributed by atoms with Gasteiger partial charge in [0.05, 0.1) is 5.69 Å². The predicted octanol–water partition coefficient (Wildman–Crippen LogP) is 1.99. The minimum Gasteiger partial charge on any atom is -0.326 e. The van der Waals surface area contributed by atoms with Crippen molar-refractivity contribution in [3.63, 3.8) is 0 Å². The molecule has 3 N–H and O–H groups in total. The first-order valence-electron chi connectivity index (χ1n) is 5.47. The van der Waals surface area contributed by atoms with Gasteiger partial charge >= 0.3 is 0 Å². The summed E-state index contributed by atoms with van der Waals surface area (Å²) in [7, 11) is -4.18. The lowest BCUT2D eigenvalue weighted by molar-refractivity contribution is 0.530. The number of nitrogens with two attached hydrogens (primary N) is 1. The Morgan fingerprint density at radius 3 is 2.65 bits per heavy atom. The molecule has 2 rings (SSSR count). The zero-order valence-electron chi connectivity index (χ0n) is 10.4. The van der Waals surface area contributed by atoms with Gasteiger partial charge in [0.15, 0.2) is 10.9 Å². The van der Waals surface area contributed by atoms with Crippen molar-refractivity contribution in [2.75, 3.05) is 4.72 Å². The van der Waals surface area contributed by atoms with E-state index >= 15 is 0 Å². The van der Waals surface area contributed by atoms with Crippen LogP contribution in [0.1, 0.15) is 11.3 Å². The summed E-state index contributed by atoms with van der Waals surface area (Å²) < 4.78 is 53.6. The molecule has 9 heteroatoms. The third kappa shape index (κ3) is 2.79. The van der Waals surface area contributed by atoms with E-state index in [4.69, 9.17) is 5.73 Å². The lowest BCUT2D eigenvalue weighted by Gasteiger charge is -2.09. The molecule has 0 aliphatic rings. The van der Waals surface area contributed by atoms with E-state index in [-0.39, 0.29) is 5.13 Å². The van der Waals surface area contributed by atoms with Gasteiger partial charge in [-0.1, -0.05) is 0 Å². The SMILES string of the molecule is Cc1csc(NS(=O)(=O)c2ccc(F)c(CN)c2F)n1. The Hall–Kier alpha value is -1.58. The number of sulfonamides is 1. The van der Waals surface area contributed by atoms with Crippen LogP contribution in [0.15, 0.2) is 22.4 Å². The first kappa shape index (κ1) is 14.8. The summed E-state index contributed by atoms with van der Waals surface area (Å²) in [5.41, 5.74) is 5.38. The topological polar surface area (TPSA) is 85.1 Å². The van der Waals surface area contributed by atoms with Crippen LogP contribution in [0.5, 0.6) is 0 Å². The fourth-order valence-corrected chi connectivity index (χ4v) is 3.59. The number of hydrogen-bond donors (Lipinski definition) is 2. The molecule has 20 heavy (non-hydrogen) atoms. The van der Waals surface area contributed by atoms with E-state index in [0.717, 1.165) is 23.5 Å². The Bertz CT molecular complexity index is 744. The number of hydrogen-bond acceptors (Lipinski definition) is 5. The Morgan fingerprint density at radius 1 is 1.40 bits per heavy atom. The maximum absolute atomic E-state index is 14.0. The summed E-state index contributed by atoms with van der Waals surface area (Å²) in [5, 5.41) is 1.75. The standard InChI is InChI=1S/C11H11F2N3O2S2/c1-6-5-19-11(15-6)16-20(17,18)9-3-2-8(12)7(4-14)10(9)13/h2-3,5H,4,14H2,1H3,(H,15,16). The molecule has 1 heterocycles. The number of nitrogens with one attached hydrogen (secondary N) is 1. The molecule has 0 spiro atoms. The molecule has 0 radical (unpaired) electrons. The summed E-state index contributed by atoms with van der Waals surface area (Å²) >= 11 is 1.07. The van der Waals surface area contributed by atoms with Crippen LogP contribution in [-0.4, -0.2) is 13.4 Å². The maximum atomic E-state index is 14.0. The Kier molecular flexibility index (Phi) is 4.02. The van der Waals surface area contributed by atoms with Gasteiger partial charge in [0.1, 0.15) is 10.7 Å². The van der Waals surface area contributed by atoms with Crippen molar-refractivity contribution in [1.82, 2.24) is 4.98 Å². The van der Waals surface area contributed by atoms with Crippen LogP contribution < -0.4 is 10.5 Å². The second kappa shape index (κ2) is 5.43. The number of rotatable bonds is 4. The summed E-state index contributed by atoms with van der Waals surface area (Å²) in [4.78, 5) is 3.26. The van der Waals surface area contributed by atoms with E-state index in [1.165, 1.54) is 0 Å². The van der Waals surface area contributed by atoms with E-state index in [1.807, 2.05) is 0 Å². The fourth-order valence-electron chi connectivity index (χ4n) is 1.54. The summed E-state index contributed by atoms with van der Waals surface area (Å²) in [6.07, 6.45) is 0. The molecule has 0 saturated carbocycles. The third-order valence-corrected chi connectivity index (χ3v) is 4.85. The van der Waals surface area contributed by atoms with Crippen molar-refractivity contribution in [1.29, 1.82) is 0 Å². The smallest absolute Gasteiger partial charge is 0.266 e. The molecule has 0 fully saturated rings. The van der Waals surface area contributed by atoms with Crippen LogP contribution in [0.3, 0.4) is 0 Å². The van der Waals surface area contributed by atoms with E-state index in [2.05, 4.69) is 9.71 Å². The summed E-state index contributed by atoms with van der Waals surface area (Å²) in [6, 6.07) is 1.72. The van der Waals surface area contributed by atoms with Gasteiger partial charge in [0, 0.05) is 17.5 Å². The predicted molar refractivity (Wildman–Crippen MR) is 71.9 cm³/mol. The highest BCUT2D eigenvalue weighted by atomic mass is 32.2. The minimum absolute atomic E-state index is 0.112. The number of halogens is 2. The Balaban J connectivity index is 2.44. The van der Waals surface area contributed by atoms with Crippen LogP contribution in [-0.2, 0) is 16.6 Å². The summed E-state index contributed by atoms with van der Waals surface area (Å²) in [6.45, 7) is 1.26. The van der Waals surface area contributed by atoms with Crippen LogP contribution in [0.2, 0.25) is 0 Å². The fraction of sp³-hybridized carbons (Fsp3) is 0.182. The highest BCUT2D eigenvalue weighted by Crippen LogP contribution is 2.24. The second-order valence-electron chi connectivity index (χ2n) is 3.94. The highest BCUT2D eigenvalue weighted by molar-refractivity contribution is 7.93. The minimum atomic E-state index is -4.18. The average Bonchev–Trinajstić information content (AvgIpc) is 2.74. The first-order chi connectivity index (χ1) is 9.35. The number of thiazole rings is 1. The first-order valence-corrected chi connectivity index (χ1v) is 7.83. The zero-order chi connectivity index (χ0) is 14.9. The second-order valence-corrected chi connectivity index (χ2v) is 6.45. The van der Waals surface area contributed by atoms with E-state index in [1.54, 1.807) is 12.3 Å². The van der Waals surface area contributed by atoms with Crippen LogP contribution in [0, 0.1) is 18.6 Å². The van der Waals surface area contributed by atoms with E-state index < -0.39 is 38.7 Å². The van der Waals surface area contributed by atoms with Gasteiger partial charge in [-0.25, -0.2) is 22.2 Å². The quantitative estimate of drug-likeness (QED) is 0.902. The molecule has 2 aromatic rings. The highest BCUT2D eigenvalue weighted by Gasteiger charge is 2.24. The van der Waals surface area contributed by atoms with Crippen molar-refractivity contribution in [2.24, 2.45) is 5.73 Å². The molecule has 0 atom stereocenters. The normalized spacial score (nSPS) is 11.6. The van der Waals surface area contributed by atoms with Crippen molar-refractivity contribution in [3.05, 3.63) is 40.4 Å².